The van der Waals surface area contributed by atoms with Gasteiger partial charge < -0.3 is 20.5 Å². The number of likely N-dealkylation sites (N-methyl/N-ethyl adjacent to an activating group) is 1. The van der Waals surface area contributed by atoms with Crippen LogP contribution >= 0.6 is 0 Å². The molecule has 1 rings (SSSR count). The Bertz CT molecular complexity index is 409. The van der Waals surface area contributed by atoms with Gasteiger partial charge in [0, 0.05) is 24.8 Å². The molecule has 1 unspecified atom stereocenters. The Balaban J connectivity index is 2.72. The lowest BCUT2D eigenvalue weighted by molar-refractivity contribution is 0.0933. The van der Waals surface area contributed by atoms with Crippen molar-refractivity contribution in [3.63, 3.8) is 0 Å². The molecule has 1 aromatic heterocycles. The summed E-state index contributed by atoms with van der Waals surface area (Å²) >= 11 is 0. The molecule has 0 saturated carbocycles. The summed E-state index contributed by atoms with van der Waals surface area (Å²) in [5, 5.41) is 2.93. The lowest BCUT2D eigenvalue weighted by Crippen LogP contribution is -2.38. The molecule has 0 saturated heterocycles. The molecule has 5 nitrogen and oxygen atoms in total. The van der Waals surface area contributed by atoms with E-state index >= 15 is 0 Å². The van der Waals surface area contributed by atoms with E-state index in [1.807, 2.05) is 32.5 Å². The minimum atomic E-state index is -0.0749. The lowest BCUT2D eigenvalue weighted by atomic mass is 10.3. The standard InChI is InChI=1S/C13H24N4O/c1-9(2)17-8-11(14)6-12(17)13(18)15-7-10(3)16(4)5/h6,8-10H,7,14H2,1-5H3,(H,15,18). The number of hydrogen-bond acceptors (Lipinski definition) is 3. The van der Waals surface area contributed by atoms with E-state index in [1.165, 1.54) is 0 Å². The highest BCUT2D eigenvalue weighted by molar-refractivity contribution is 5.93. The summed E-state index contributed by atoms with van der Waals surface area (Å²) in [4.78, 5) is 14.2. The zero-order valence-corrected chi connectivity index (χ0v) is 11.9. The molecule has 3 N–H and O–H groups in total. The third-order valence-electron chi connectivity index (χ3n) is 3.10. The Morgan fingerprint density at radius 2 is 2.06 bits per heavy atom. The number of nitrogens with one attached hydrogen (secondary N) is 1. The van der Waals surface area contributed by atoms with Gasteiger partial charge in [-0.1, -0.05) is 0 Å². The van der Waals surface area contributed by atoms with Crippen LogP contribution in [0, 0.1) is 0 Å². The van der Waals surface area contributed by atoms with Crippen molar-refractivity contribution in [3.8, 4) is 0 Å². The van der Waals surface area contributed by atoms with Crippen LogP contribution < -0.4 is 11.1 Å². The Hall–Kier alpha value is -1.49. The first-order valence-electron chi connectivity index (χ1n) is 6.25. The number of carbonyl (C=O) groups is 1. The van der Waals surface area contributed by atoms with Crippen molar-refractivity contribution in [2.45, 2.75) is 32.9 Å². The molecule has 0 radical (unpaired) electrons. The summed E-state index contributed by atoms with van der Waals surface area (Å²) in [5.74, 6) is -0.0749. The molecule has 1 heterocycles. The molecule has 0 aromatic carbocycles. The maximum Gasteiger partial charge on any atom is 0.268 e. The maximum atomic E-state index is 12.1. The lowest BCUT2D eigenvalue weighted by Gasteiger charge is -2.20. The molecular weight excluding hydrogens is 228 g/mol. The van der Waals surface area contributed by atoms with Crippen LogP contribution in [-0.2, 0) is 0 Å². The molecule has 0 aliphatic heterocycles. The highest BCUT2D eigenvalue weighted by Gasteiger charge is 2.15. The molecule has 0 aliphatic carbocycles. The molecule has 102 valence electrons. The fourth-order valence-corrected chi connectivity index (χ4v) is 1.62. The van der Waals surface area contributed by atoms with E-state index in [0.717, 1.165) is 0 Å². The molecule has 0 aliphatic rings. The predicted molar refractivity (Wildman–Crippen MR) is 74.7 cm³/mol. The summed E-state index contributed by atoms with van der Waals surface area (Å²) in [7, 11) is 3.98. The topological polar surface area (TPSA) is 63.3 Å². The number of anilines is 1. The van der Waals surface area contributed by atoms with Crippen LogP contribution in [0.5, 0.6) is 0 Å². The van der Waals surface area contributed by atoms with Crippen molar-refractivity contribution < 1.29 is 4.79 Å². The van der Waals surface area contributed by atoms with Crippen LogP contribution in [0.1, 0.15) is 37.3 Å². The predicted octanol–water partition coefficient (Wildman–Crippen LogP) is 1.33. The highest BCUT2D eigenvalue weighted by Crippen LogP contribution is 2.16. The number of hydrogen-bond donors (Lipinski definition) is 2. The normalized spacial score (nSPS) is 13.1. The van der Waals surface area contributed by atoms with E-state index < -0.39 is 0 Å². The smallest absolute Gasteiger partial charge is 0.268 e. The molecule has 1 aromatic rings. The fourth-order valence-electron chi connectivity index (χ4n) is 1.62. The SMILES string of the molecule is CC(CNC(=O)c1cc(N)cn1C(C)C)N(C)C. The minimum absolute atomic E-state index is 0.0749. The van der Waals surface area contributed by atoms with E-state index in [-0.39, 0.29) is 11.9 Å². The van der Waals surface area contributed by atoms with E-state index in [4.69, 9.17) is 5.73 Å². The number of carbonyl (C=O) groups excluding carboxylic acids is 1. The van der Waals surface area contributed by atoms with E-state index in [0.29, 0.717) is 24.0 Å². The van der Waals surface area contributed by atoms with Crippen LogP contribution in [0.3, 0.4) is 0 Å². The first kappa shape index (κ1) is 14.6. The van der Waals surface area contributed by atoms with Gasteiger partial charge in [0.05, 0.1) is 5.69 Å². The second kappa shape index (κ2) is 5.91. The van der Waals surface area contributed by atoms with E-state index in [9.17, 15) is 4.79 Å². The maximum absolute atomic E-state index is 12.1. The van der Waals surface area contributed by atoms with Gasteiger partial charge >= 0.3 is 0 Å². The number of rotatable bonds is 5. The van der Waals surface area contributed by atoms with Crippen LogP contribution in [0.25, 0.3) is 0 Å². The molecular formula is C13H24N4O. The van der Waals surface area contributed by atoms with Crippen molar-refractivity contribution in [2.24, 2.45) is 0 Å². The number of nitrogens with zero attached hydrogens (tertiary/aromatic N) is 2. The van der Waals surface area contributed by atoms with Crippen molar-refractivity contribution in [1.29, 1.82) is 0 Å². The third-order valence-corrected chi connectivity index (χ3v) is 3.10. The summed E-state index contributed by atoms with van der Waals surface area (Å²) in [5.41, 5.74) is 6.99. The highest BCUT2D eigenvalue weighted by atomic mass is 16.1. The molecule has 18 heavy (non-hydrogen) atoms. The van der Waals surface area contributed by atoms with Gasteiger partial charge in [-0.15, -0.1) is 0 Å². The first-order valence-corrected chi connectivity index (χ1v) is 6.25. The Morgan fingerprint density at radius 3 is 2.56 bits per heavy atom. The van der Waals surface area contributed by atoms with Crippen LogP contribution in [0.4, 0.5) is 5.69 Å². The quantitative estimate of drug-likeness (QED) is 0.831. The van der Waals surface area contributed by atoms with Gasteiger partial charge in [0.1, 0.15) is 5.69 Å². The number of aromatic nitrogens is 1. The van der Waals surface area contributed by atoms with Gasteiger partial charge in [-0.05, 0) is 40.9 Å². The van der Waals surface area contributed by atoms with Gasteiger partial charge in [-0.25, -0.2) is 0 Å². The molecule has 5 heteroatoms. The fraction of sp³-hybridized carbons (Fsp3) is 0.615. The van der Waals surface area contributed by atoms with Crippen molar-refractivity contribution in [1.82, 2.24) is 14.8 Å². The van der Waals surface area contributed by atoms with E-state index in [2.05, 4.69) is 17.1 Å². The van der Waals surface area contributed by atoms with E-state index in [1.54, 1.807) is 12.3 Å². The number of nitrogen functional groups attached to an aromatic ring is 1. The Morgan fingerprint density at radius 1 is 1.44 bits per heavy atom. The Labute approximate surface area is 109 Å². The Kier molecular flexibility index (Phi) is 4.78. The van der Waals surface area contributed by atoms with Gasteiger partial charge in [0.2, 0.25) is 0 Å². The van der Waals surface area contributed by atoms with Crippen LogP contribution in [0.15, 0.2) is 12.3 Å². The first-order chi connectivity index (χ1) is 8.32. The minimum Gasteiger partial charge on any atom is -0.397 e. The number of nitrogens with two attached hydrogens (primary N) is 1. The van der Waals surface area contributed by atoms with Gasteiger partial charge in [0.15, 0.2) is 0 Å². The summed E-state index contributed by atoms with van der Waals surface area (Å²) in [6.45, 7) is 6.74. The summed E-state index contributed by atoms with van der Waals surface area (Å²) < 4.78 is 1.89. The van der Waals surface area contributed by atoms with Crippen molar-refractivity contribution in [2.75, 3.05) is 26.4 Å². The van der Waals surface area contributed by atoms with Gasteiger partial charge in [0.25, 0.3) is 5.91 Å². The monoisotopic (exact) mass is 252 g/mol. The molecule has 0 bridgehead atoms. The summed E-state index contributed by atoms with van der Waals surface area (Å²) in [6, 6.07) is 2.23. The average molecular weight is 252 g/mol. The van der Waals surface area contributed by atoms with Crippen LogP contribution in [0.2, 0.25) is 0 Å². The van der Waals surface area contributed by atoms with Crippen molar-refractivity contribution in [3.05, 3.63) is 18.0 Å². The second-order valence-corrected chi connectivity index (χ2v) is 5.18. The zero-order chi connectivity index (χ0) is 13.9. The number of amides is 1. The van der Waals surface area contributed by atoms with Gasteiger partial charge in [-0.2, -0.15) is 0 Å². The molecule has 0 fully saturated rings. The molecule has 1 atom stereocenters. The third kappa shape index (κ3) is 3.50. The molecule has 1 amide bonds. The average Bonchev–Trinajstić information content (AvgIpc) is 2.67. The largest absolute Gasteiger partial charge is 0.397 e. The van der Waals surface area contributed by atoms with Gasteiger partial charge in [-0.3, -0.25) is 4.79 Å². The summed E-state index contributed by atoms with van der Waals surface area (Å²) in [6.07, 6.45) is 1.80. The zero-order valence-electron chi connectivity index (χ0n) is 11.9. The molecule has 0 spiro atoms. The van der Waals surface area contributed by atoms with Crippen molar-refractivity contribution >= 4 is 11.6 Å². The second-order valence-electron chi connectivity index (χ2n) is 5.18. The van der Waals surface area contributed by atoms with Crippen LogP contribution in [-0.4, -0.2) is 42.1 Å².